The Morgan fingerprint density at radius 3 is 2.82 bits per heavy atom. The van der Waals surface area contributed by atoms with Crippen LogP contribution in [0.2, 0.25) is 0 Å². The van der Waals surface area contributed by atoms with Gasteiger partial charge in [0.2, 0.25) is 0 Å². The molecule has 1 aliphatic heterocycles. The van der Waals surface area contributed by atoms with E-state index < -0.39 is 0 Å². The second-order valence-corrected chi connectivity index (χ2v) is 5.11. The van der Waals surface area contributed by atoms with Crippen molar-refractivity contribution in [3.05, 3.63) is 0 Å². The zero-order chi connectivity index (χ0) is 12.7. The van der Waals surface area contributed by atoms with E-state index in [1.807, 2.05) is 0 Å². The number of nitrogens with two attached hydrogens (primary N) is 1. The highest BCUT2D eigenvalue weighted by atomic mass is 16.5. The molecule has 2 unspecified atom stereocenters. The van der Waals surface area contributed by atoms with Gasteiger partial charge < -0.3 is 15.2 Å². The summed E-state index contributed by atoms with van der Waals surface area (Å²) in [5.74, 6) is 0. The Balaban J connectivity index is 2.54. The topological polar surface area (TPSA) is 47.7 Å². The van der Waals surface area contributed by atoms with Gasteiger partial charge in [-0.3, -0.25) is 4.90 Å². The van der Waals surface area contributed by atoms with E-state index in [1.54, 1.807) is 7.11 Å². The molecule has 102 valence electrons. The Kier molecular flexibility index (Phi) is 6.41. The summed E-state index contributed by atoms with van der Waals surface area (Å²) in [6.45, 7) is 8.67. The van der Waals surface area contributed by atoms with Crippen molar-refractivity contribution in [2.24, 2.45) is 5.73 Å². The normalized spacial score (nSPS) is 25.8. The van der Waals surface area contributed by atoms with Crippen molar-refractivity contribution in [2.75, 3.05) is 40.0 Å². The molecule has 0 saturated carbocycles. The van der Waals surface area contributed by atoms with Crippen LogP contribution in [0.4, 0.5) is 0 Å². The Morgan fingerprint density at radius 2 is 2.24 bits per heavy atom. The minimum absolute atomic E-state index is 0.0474. The molecule has 0 spiro atoms. The van der Waals surface area contributed by atoms with Gasteiger partial charge >= 0.3 is 0 Å². The number of ether oxygens (including phenoxy) is 2. The molecule has 1 rings (SSSR count). The molecule has 17 heavy (non-hydrogen) atoms. The van der Waals surface area contributed by atoms with Gasteiger partial charge in [0.05, 0.1) is 6.10 Å². The number of likely N-dealkylation sites (tertiary alicyclic amines) is 1. The fourth-order valence-electron chi connectivity index (χ4n) is 2.51. The molecule has 1 aliphatic rings. The van der Waals surface area contributed by atoms with E-state index in [0.29, 0.717) is 12.6 Å². The van der Waals surface area contributed by atoms with Gasteiger partial charge in [0.1, 0.15) is 0 Å². The van der Waals surface area contributed by atoms with Crippen molar-refractivity contribution < 1.29 is 9.47 Å². The number of piperidine rings is 1. The minimum Gasteiger partial charge on any atom is -0.385 e. The van der Waals surface area contributed by atoms with E-state index in [2.05, 4.69) is 18.7 Å². The van der Waals surface area contributed by atoms with E-state index >= 15 is 0 Å². The maximum absolute atomic E-state index is 5.96. The molecule has 4 nitrogen and oxygen atoms in total. The minimum atomic E-state index is 0.0474. The van der Waals surface area contributed by atoms with Crippen molar-refractivity contribution >= 4 is 0 Å². The van der Waals surface area contributed by atoms with Crippen LogP contribution >= 0.6 is 0 Å². The second-order valence-electron chi connectivity index (χ2n) is 5.11. The van der Waals surface area contributed by atoms with Crippen LogP contribution in [0.1, 0.15) is 33.1 Å². The zero-order valence-electron chi connectivity index (χ0n) is 11.6. The molecule has 0 bridgehead atoms. The van der Waals surface area contributed by atoms with E-state index in [4.69, 9.17) is 15.2 Å². The van der Waals surface area contributed by atoms with Crippen molar-refractivity contribution in [1.82, 2.24) is 4.90 Å². The van der Waals surface area contributed by atoms with Gasteiger partial charge in [0, 0.05) is 39.0 Å². The first-order valence-corrected chi connectivity index (χ1v) is 6.72. The van der Waals surface area contributed by atoms with Gasteiger partial charge in [-0.15, -0.1) is 0 Å². The number of hydrogen-bond acceptors (Lipinski definition) is 4. The maximum Gasteiger partial charge on any atom is 0.0702 e. The quantitative estimate of drug-likeness (QED) is 0.732. The first-order valence-electron chi connectivity index (χ1n) is 6.72. The summed E-state index contributed by atoms with van der Waals surface area (Å²) in [6, 6.07) is 0. The predicted octanol–water partition coefficient (Wildman–Crippen LogP) is 1.24. The lowest BCUT2D eigenvalue weighted by Gasteiger charge is -2.45. The number of hydrogen-bond donors (Lipinski definition) is 1. The smallest absolute Gasteiger partial charge is 0.0702 e. The van der Waals surface area contributed by atoms with E-state index in [1.165, 1.54) is 12.8 Å². The molecule has 0 radical (unpaired) electrons. The highest BCUT2D eigenvalue weighted by Gasteiger charge is 2.33. The van der Waals surface area contributed by atoms with Crippen LogP contribution in [0.25, 0.3) is 0 Å². The van der Waals surface area contributed by atoms with Crippen molar-refractivity contribution in [3.8, 4) is 0 Å². The third-order valence-corrected chi connectivity index (χ3v) is 3.83. The molecule has 1 saturated heterocycles. The van der Waals surface area contributed by atoms with Gasteiger partial charge in [-0.25, -0.2) is 0 Å². The average Bonchev–Trinajstić information content (AvgIpc) is 2.37. The summed E-state index contributed by atoms with van der Waals surface area (Å²) in [7, 11) is 1.75. The third kappa shape index (κ3) is 4.21. The molecule has 0 aromatic rings. The first kappa shape index (κ1) is 14.9. The monoisotopic (exact) mass is 244 g/mol. The van der Waals surface area contributed by atoms with Crippen molar-refractivity contribution in [1.29, 1.82) is 0 Å². The Labute approximate surface area is 105 Å². The highest BCUT2D eigenvalue weighted by Crippen LogP contribution is 2.24. The van der Waals surface area contributed by atoms with Gasteiger partial charge in [-0.05, 0) is 39.7 Å². The second kappa shape index (κ2) is 7.31. The average molecular weight is 244 g/mol. The van der Waals surface area contributed by atoms with Gasteiger partial charge in [0.25, 0.3) is 0 Å². The first-order chi connectivity index (χ1) is 8.16. The van der Waals surface area contributed by atoms with Crippen LogP contribution in [0.5, 0.6) is 0 Å². The van der Waals surface area contributed by atoms with Crippen LogP contribution in [0.15, 0.2) is 0 Å². The summed E-state index contributed by atoms with van der Waals surface area (Å²) in [5.41, 5.74) is 6.01. The SMILES string of the molecule is CCOC1CCCN(C(C)(CN)CCOC)C1. The maximum atomic E-state index is 5.96. The predicted molar refractivity (Wildman–Crippen MR) is 70.2 cm³/mol. The van der Waals surface area contributed by atoms with Crippen molar-refractivity contribution in [3.63, 3.8) is 0 Å². The molecule has 1 fully saturated rings. The van der Waals surface area contributed by atoms with Crippen LogP contribution < -0.4 is 5.73 Å². The lowest BCUT2D eigenvalue weighted by Crippen LogP contribution is -2.56. The molecular weight excluding hydrogens is 216 g/mol. The summed E-state index contributed by atoms with van der Waals surface area (Å²) < 4.78 is 10.9. The van der Waals surface area contributed by atoms with Crippen LogP contribution in [-0.4, -0.2) is 56.5 Å². The summed E-state index contributed by atoms with van der Waals surface area (Å²) in [6.07, 6.45) is 3.74. The standard InChI is InChI=1S/C13H28N2O2/c1-4-17-12-6-5-8-15(10-12)13(2,11-14)7-9-16-3/h12H,4-11,14H2,1-3H3. The fraction of sp³-hybridized carbons (Fsp3) is 1.00. The summed E-state index contributed by atoms with van der Waals surface area (Å²) >= 11 is 0. The van der Waals surface area contributed by atoms with E-state index in [-0.39, 0.29) is 5.54 Å². The molecule has 1 heterocycles. The molecule has 2 N–H and O–H groups in total. The molecule has 0 amide bonds. The zero-order valence-corrected chi connectivity index (χ0v) is 11.6. The number of nitrogens with zero attached hydrogens (tertiary/aromatic N) is 1. The summed E-state index contributed by atoms with van der Waals surface area (Å²) in [4.78, 5) is 2.48. The molecule has 0 aromatic carbocycles. The number of methoxy groups -OCH3 is 1. The Bertz CT molecular complexity index is 212. The van der Waals surface area contributed by atoms with E-state index in [0.717, 1.165) is 32.7 Å². The molecule has 4 heteroatoms. The molecule has 0 aliphatic carbocycles. The molecule has 0 aromatic heterocycles. The Hall–Kier alpha value is -0.160. The largest absolute Gasteiger partial charge is 0.385 e. The van der Waals surface area contributed by atoms with Crippen LogP contribution in [-0.2, 0) is 9.47 Å². The summed E-state index contributed by atoms with van der Waals surface area (Å²) in [5, 5.41) is 0. The third-order valence-electron chi connectivity index (χ3n) is 3.83. The van der Waals surface area contributed by atoms with Gasteiger partial charge in [-0.2, -0.15) is 0 Å². The number of rotatable bonds is 7. The molecular formula is C13H28N2O2. The van der Waals surface area contributed by atoms with Crippen LogP contribution in [0, 0.1) is 0 Å². The fourth-order valence-corrected chi connectivity index (χ4v) is 2.51. The van der Waals surface area contributed by atoms with Crippen molar-refractivity contribution in [2.45, 2.75) is 44.8 Å². The highest BCUT2D eigenvalue weighted by molar-refractivity contribution is 4.90. The van der Waals surface area contributed by atoms with E-state index in [9.17, 15) is 0 Å². The lowest BCUT2D eigenvalue weighted by atomic mass is 9.92. The lowest BCUT2D eigenvalue weighted by molar-refractivity contribution is -0.0350. The van der Waals surface area contributed by atoms with Crippen LogP contribution in [0.3, 0.4) is 0 Å². The van der Waals surface area contributed by atoms with Gasteiger partial charge in [0.15, 0.2) is 0 Å². The Morgan fingerprint density at radius 1 is 1.47 bits per heavy atom. The van der Waals surface area contributed by atoms with Gasteiger partial charge in [-0.1, -0.05) is 0 Å². The molecule has 2 atom stereocenters.